The SMILES string of the molecule is [2H]C([2H])([2H])c1c[n+](C)c(-c2c(C)ccc3c2oc2c4c(ccc23)C(C([2H])([2H])C([2H])(C([2H])([2H])[2H])C([2H])([2H])[2H])(C([2H])([2H])C([2H])(C([2H])([2H])[2H])C([2H])([2H])[2H])c2ccccc2-4)cc1C([2H])(C([2H])([2H])[2H])C([2H])([2H])[2H]. The highest BCUT2D eigenvalue weighted by atomic mass is 16.3. The van der Waals surface area contributed by atoms with Gasteiger partial charge in [-0.1, -0.05) is 89.6 Å². The molecule has 0 spiro atoms. The monoisotopic (exact) mass is 559 g/mol. The van der Waals surface area contributed by atoms with Crippen LogP contribution in [0.15, 0.2) is 65.2 Å². The summed E-state index contributed by atoms with van der Waals surface area (Å²) in [5.74, 6) is -12.4. The van der Waals surface area contributed by atoms with E-state index in [0.29, 0.717) is 5.56 Å². The summed E-state index contributed by atoms with van der Waals surface area (Å²) in [5.41, 5.74) is -7.81. The molecule has 0 atom stereocenters. The summed E-state index contributed by atoms with van der Waals surface area (Å²) in [7, 11) is 1.35. The first kappa shape index (κ1) is 9.58. The second kappa shape index (κ2) is 9.61. The van der Waals surface area contributed by atoms with E-state index >= 15 is 0 Å². The molecule has 1 aliphatic rings. The third-order valence-corrected chi connectivity index (χ3v) is 7.45. The molecule has 5 aromatic rings. The number of furan rings is 1. The van der Waals surface area contributed by atoms with Crippen LogP contribution in [0.25, 0.3) is 44.3 Å². The maximum Gasteiger partial charge on any atom is 0.216 e. The molecule has 2 aromatic heterocycles. The zero-order valence-corrected chi connectivity index (χ0v) is 21.6. The van der Waals surface area contributed by atoms with Crippen molar-refractivity contribution in [2.24, 2.45) is 18.8 Å². The second-order valence-electron chi connectivity index (χ2n) is 9.87. The van der Waals surface area contributed by atoms with Gasteiger partial charge in [0.25, 0.3) is 0 Å². The summed E-state index contributed by atoms with van der Waals surface area (Å²) in [4.78, 5) is 0. The van der Waals surface area contributed by atoms with Gasteiger partial charge in [-0.3, -0.25) is 0 Å². The van der Waals surface area contributed by atoms with E-state index < -0.39 is 106 Å². The van der Waals surface area contributed by atoms with Crippen LogP contribution in [-0.4, -0.2) is 0 Å². The number of hydrogen-bond acceptors (Lipinski definition) is 1. The van der Waals surface area contributed by atoms with Crippen LogP contribution >= 0.6 is 0 Å². The molecular weight excluding hydrogens is 486 g/mol. The fourth-order valence-corrected chi connectivity index (χ4v) is 5.85. The van der Waals surface area contributed by atoms with Crippen molar-refractivity contribution in [3.63, 3.8) is 0 Å². The van der Waals surface area contributed by atoms with Crippen LogP contribution < -0.4 is 4.57 Å². The van der Waals surface area contributed by atoms with E-state index in [1.807, 2.05) is 0 Å². The first-order valence-corrected chi connectivity index (χ1v) is 12.4. The highest BCUT2D eigenvalue weighted by molar-refractivity contribution is 6.14. The lowest BCUT2D eigenvalue weighted by atomic mass is 9.68. The van der Waals surface area contributed by atoms with Crippen molar-refractivity contribution in [3.05, 3.63) is 88.6 Å². The lowest BCUT2D eigenvalue weighted by molar-refractivity contribution is -0.660. The number of fused-ring (bicyclic) bond motifs is 7. The van der Waals surface area contributed by atoms with Crippen molar-refractivity contribution in [2.75, 3.05) is 0 Å². The molecule has 0 unspecified atom stereocenters. The van der Waals surface area contributed by atoms with Crippen LogP contribution in [0.2, 0.25) is 0 Å². The van der Waals surface area contributed by atoms with Gasteiger partial charge in [0, 0.05) is 71.8 Å². The van der Waals surface area contributed by atoms with E-state index in [-0.39, 0.29) is 44.3 Å². The molecule has 0 N–H and O–H groups in total. The van der Waals surface area contributed by atoms with Crippen molar-refractivity contribution in [2.45, 2.75) is 78.9 Å². The minimum absolute atomic E-state index is 0.0416. The Balaban J connectivity index is 1.89. The van der Waals surface area contributed by atoms with Crippen molar-refractivity contribution in [1.29, 1.82) is 0 Å². The average Bonchev–Trinajstić information content (AvgIpc) is 3.68. The summed E-state index contributed by atoms with van der Waals surface area (Å²) in [5, 5.41) is 0.273. The predicted molar refractivity (Wildman–Crippen MR) is 169 cm³/mol. The number of nitrogens with zero attached hydrogens (tertiary/aromatic N) is 1. The molecular formula is C38H44NO+. The van der Waals surface area contributed by atoms with Crippen LogP contribution in [0, 0.1) is 25.6 Å². The summed E-state index contributed by atoms with van der Waals surface area (Å²) in [6.07, 6.45) is -7.89. The van der Waals surface area contributed by atoms with Crippen molar-refractivity contribution >= 4 is 21.9 Å². The maximum absolute atomic E-state index is 9.78. The van der Waals surface area contributed by atoms with Gasteiger partial charge in [0.15, 0.2) is 6.20 Å². The Morgan fingerprint density at radius 3 is 2.25 bits per heavy atom. The second-order valence-corrected chi connectivity index (χ2v) is 9.87. The Bertz CT molecular complexity index is 2730. The quantitative estimate of drug-likeness (QED) is 0.189. The smallest absolute Gasteiger partial charge is 0.216 e. The van der Waals surface area contributed by atoms with E-state index in [9.17, 15) is 8.22 Å². The first-order valence-electron chi connectivity index (χ1n) is 26.4. The largest absolute Gasteiger partial charge is 0.454 e. The molecule has 40 heavy (non-hydrogen) atoms. The van der Waals surface area contributed by atoms with E-state index in [1.54, 1.807) is 6.92 Å². The fourth-order valence-electron chi connectivity index (χ4n) is 5.85. The molecule has 0 fully saturated rings. The van der Waals surface area contributed by atoms with Gasteiger partial charge in [0.05, 0.1) is 5.56 Å². The van der Waals surface area contributed by atoms with Gasteiger partial charge >= 0.3 is 0 Å². The van der Waals surface area contributed by atoms with Crippen LogP contribution in [0.3, 0.4) is 0 Å². The van der Waals surface area contributed by atoms with Gasteiger partial charge in [-0.15, -0.1) is 0 Å². The Morgan fingerprint density at radius 1 is 0.850 bits per heavy atom. The lowest BCUT2D eigenvalue weighted by Crippen LogP contribution is -2.32. The molecule has 6 rings (SSSR count). The Labute approximate surface area is 279 Å². The Hall–Kier alpha value is -3.39. The van der Waals surface area contributed by atoms with Gasteiger partial charge < -0.3 is 4.42 Å². The Morgan fingerprint density at radius 2 is 1.55 bits per heavy atom. The normalized spacial score (nSPS) is 28.2. The van der Waals surface area contributed by atoms with Crippen LogP contribution in [-0.2, 0) is 12.5 Å². The molecule has 2 heterocycles. The van der Waals surface area contributed by atoms with Crippen molar-refractivity contribution in [3.8, 4) is 22.4 Å². The van der Waals surface area contributed by atoms with Crippen molar-refractivity contribution in [1.82, 2.24) is 0 Å². The van der Waals surface area contributed by atoms with E-state index in [1.165, 1.54) is 48.0 Å². The highest BCUT2D eigenvalue weighted by Gasteiger charge is 2.45. The molecule has 0 saturated carbocycles. The lowest BCUT2D eigenvalue weighted by Gasteiger charge is -2.35. The topological polar surface area (TPSA) is 17.0 Å². The summed E-state index contributed by atoms with van der Waals surface area (Å²) >= 11 is 0. The van der Waals surface area contributed by atoms with Crippen LogP contribution in [0.4, 0.5) is 0 Å². The summed E-state index contributed by atoms with van der Waals surface area (Å²) in [6.45, 7) is -25.7. The molecule has 206 valence electrons. The van der Waals surface area contributed by atoms with E-state index in [4.69, 9.17) is 34.6 Å². The molecule has 2 heteroatoms. The highest BCUT2D eigenvalue weighted by Crippen LogP contribution is 2.57. The zero-order chi connectivity index (χ0) is 52.4. The van der Waals surface area contributed by atoms with Gasteiger partial charge in [-0.05, 0) is 72.0 Å². The maximum atomic E-state index is 9.78. The predicted octanol–water partition coefficient (Wildman–Crippen LogP) is 10.2. The molecule has 1 aliphatic carbocycles. The van der Waals surface area contributed by atoms with Gasteiger partial charge in [-0.25, -0.2) is 4.57 Å². The Kier molecular flexibility index (Phi) is 2.30. The number of benzene rings is 3. The third-order valence-electron chi connectivity index (χ3n) is 7.45. The van der Waals surface area contributed by atoms with Crippen molar-refractivity contribution < 1.29 is 47.4 Å². The molecule has 0 saturated heterocycles. The molecule has 0 amide bonds. The molecule has 0 aliphatic heterocycles. The number of aryl methyl sites for hydroxylation is 3. The van der Waals surface area contributed by atoms with Crippen LogP contribution in [0.5, 0.6) is 0 Å². The molecule has 0 bridgehead atoms. The molecule has 2 nitrogen and oxygen atoms in total. The summed E-state index contributed by atoms with van der Waals surface area (Å²) in [6, 6.07) is 10.9. The first-order chi connectivity index (χ1) is 30.2. The standard InChI is InChI=1S/C38H44NO/c1-22(2)19-38(20-23(3)4)31-13-11-10-12-29(31)35-32(38)17-16-28-27-15-14-25(7)34(36(27)40-37(28)35)33-18-30(24(5)6)26(8)21-39(33)9/h10-18,21-24H,19-20H2,1-9H3/q+1/i1D3,2D3,3D3,4D3,5D3,6D3,8D3,19D2,20D2,22D,23D,24D. The van der Waals surface area contributed by atoms with E-state index in [0.717, 1.165) is 24.4 Å². The van der Waals surface area contributed by atoms with Crippen LogP contribution in [0.1, 0.15) is 126 Å². The van der Waals surface area contributed by atoms with E-state index in [2.05, 4.69) is 0 Å². The molecule has 0 radical (unpaired) electrons. The number of rotatable bonds is 6. The molecule has 3 aromatic carbocycles. The van der Waals surface area contributed by atoms with Gasteiger partial charge in [0.1, 0.15) is 18.2 Å². The number of pyridine rings is 1. The van der Waals surface area contributed by atoms with Gasteiger partial charge in [0.2, 0.25) is 5.69 Å². The number of hydrogen-bond donors (Lipinski definition) is 0. The summed E-state index contributed by atoms with van der Waals surface area (Å²) < 4.78 is 249. The average molecular weight is 559 g/mol. The van der Waals surface area contributed by atoms with Gasteiger partial charge in [-0.2, -0.15) is 0 Å². The fraction of sp³-hybridized carbons (Fsp3) is 0.395. The zero-order valence-electron chi connectivity index (χ0n) is 49.6. The minimum atomic E-state index is -4.42. The number of aromatic nitrogens is 1. The minimum Gasteiger partial charge on any atom is -0.454 e. The third kappa shape index (κ3) is 3.94.